The van der Waals surface area contributed by atoms with Gasteiger partial charge >= 0.3 is 0 Å². The van der Waals surface area contributed by atoms with E-state index in [0.29, 0.717) is 5.92 Å². The number of ether oxygens (including phenoxy) is 1. The molecule has 0 saturated heterocycles. The highest BCUT2D eigenvalue weighted by atomic mass is 16.5. The van der Waals surface area contributed by atoms with Crippen LogP contribution >= 0.6 is 0 Å². The van der Waals surface area contributed by atoms with Crippen molar-refractivity contribution in [1.29, 1.82) is 0 Å². The maximum Gasteiger partial charge on any atom is 0.0591 e. The molecule has 0 radical (unpaired) electrons. The third kappa shape index (κ3) is 5.60. The van der Waals surface area contributed by atoms with E-state index in [2.05, 4.69) is 42.2 Å². The first kappa shape index (κ1) is 12.3. The number of rotatable bonds is 7. The summed E-state index contributed by atoms with van der Waals surface area (Å²) in [6.07, 6.45) is 4.19. The van der Waals surface area contributed by atoms with E-state index in [0.717, 1.165) is 26.3 Å². The smallest absolute Gasteiger partial charge is 0.0591 e. The number of hydrogen-bond donors (Lipinski definition) is 1. The highest BCUT2D eigenvalue weighted by molar-refractivity contribution is 5.09. The number of aryl methyl sites for hydroxylation is 1. The number of hydrogen-bond acceptors (Lipinski definition) is 2. The van der Waals surface area contributed by atoms with Gasteiger partial charge in [0.15, 0.2) is 0 Å². The van der Waals surface area contributed by atoms with Gasteiger partial charge in [-0.05, 0) is 17.5 Å². The summed E-state index contributed by atoms with van der Waals surface area (Å²) in [6, 6.07) is 2.13. The van der Waals surface area contributed by atoms with Crippen LogP contribution < -0.4 is 5.32 Å². The van der Waals surface area contributed by atoms with Crippen LogP contribution in [0.1, 0.15) is 19.4 Å². The molecule has 1 aromatic heterocycles. The second kappa shape index (κ2) is 6.64. The van der Waals surface area contributed by atoms with Gasteiger partial charge in [-0.15, -0.1) is 0 Å². The van der Waals surface area contributed by atoms with Crippen LogP contribution in [0.25, 0.3) is 0 Å². The van der Waals surface area contributed by atoms with Crippen molar-refractivity contribution in [2.24, 2.45) is 13.0 Å². The van der Waals surface area contributed by atoms with Gasteiger partial charge in [-0.1, -0.05) is 13.8 Å². The van der Waals surface area contributed by atoms with E-state index in [4.69, 9.17) is 4.74 Å². The fraction of sp³-hybridized carbons (Fsp3) is 0.667. The number of nitrogens with zero attached hydrogens (tertiary/aromatic N) is 1. The number of aromatic nitrogens is 1. The Morgan fingerprint density at radius 1 is 1.47 bits per heavy atom. The van der Waals surface area contributed by atoms with Crippen LogP contribution in [0.2, 0.25) is 0 Å². The van der Waals surface area contributed by atoms with Gasteiger partial charge in [0.2, 0.25) is 0 Å². The van der Waals surface area contributed by atoms with Gasteiger partial charge in [-0.25, -0.2) is 0 Å². The molecule has 0 unspecified atom stereocenters. The summed E-state index contributed by atoms with van der Waals surface area (Å²) in [4.78, 5) is 0. The van der Waals surface area contributed by atoms with Crippen molar-refractivity contribution in [3.63, 3.8) is 0 Å². The molecule has 0 fully saturated rings. The monoisotopic (exact) mass is 210 g/mol. The number of nitrogens with one attached hydrogen (secondary N) is 1. The van der Waals surface area contributed by atoms with Crippen LogP contribution in [-0.4, -0.2) is 24.3 Å². The molecule has 1 aromatic rings. The van der Waals surface area contributed by atoms with E-state index in [1.807, 2.05) is 7.05 Å². The molecule has 3 nitrogen and oxygen atoms in total. The lowest BCUT2D eigenvalue weighted by Crippen LogP contribution is -2.20. The average Bonchev–Trinajstić information content (AvgIpc) is 2.57. The van der Waals surface area contributed by atoms with E-state index < -0.39 is 0 Å². The van der Waals surface area contributed by atoms with Crippen LogP contribution in [0, 0.1) is 5.92 Å². The molecule has 0 atom stereocenters. The largest absolute Gasteiger partial charge is 0.380 e. The third-order valence-electron chi connectivity index (χ3n) is 2.10. The van der Waals surface area contributed by atoms with E-state index >= 15 is 0 Å². The second-order valence-electron chi connectivity index (χ2n) is 4.33. The van der Waals surface area contributed by atoms with Crippen LogP contribution in [0.5, 0.6) is 0 Å². The highest BCUT2D eigenvalue weighted by Gasteiger charge is 1.95. The summed E-state index contributed by atoms with van der Waals surface area (Å²) in [5.41, 5.74) is 1.32. The SMILES string of the molecule is CC(C)COCCNCc1ccn(C)c1. The molecule has 1 rings (SSSR count). The Hall–Kier alpha value is -0.800. The first-order valence-electron chi connectivity index (χ1n) is 5.58. The lowest BCUT2D eigenvalue weighted by Gasteiger charge is -2.07. The molecule has 3 heteroatoms. The first-order valence-corrected chi connectivity index (χ1v) is 5.58. The summed E-state index contributed by atoms with van der Waals surface area (Å²) >= 11 is 0. The Kier molecular flexibility index (Phi) is 5.43. The van der Waals surface area contributed by atoms with Crippen LogP contribution in [0.15, 0.2) is 18.5 Å². The van der Waals surface area contributed by atoms with Gasteiger partial charge in [0.05, 0.1) is 6.61 Å². The zero-order valence-corrected chi connectivity index (χ0v) is 9.99. The lowest BCUT2D eigenvalue weighted by atomic mass is 10.2. The summed E-state index contributed by atoms with van der Waals surface area (Å²) in [5.74, 6) is 0.624. The molecule has 0 saturated carbocycles. The maximum atomic E-state index is 5.47. The highest BCUT2D eigenvalue weighted by Crippen LogP contribution is 1.98. The zero-order chi connectivity index (χ0) is 11.1. The molecule has 15 heavy (non-hydrogen) atoms. The third-order valence-corrected chi connectivity index (χ3v) is 2.10. The minimum absolute atomic E-state index is 0.624. The zero-order valence-electron chi connectivity index (χ0n) is 9.99. The summed E-state index contributed by atoms with van der Waals surface area (Å²) in [7, 11) is 2.04. The molecule has 0 aliphatic heterocycles. The molecule has 0 aromatic carbocycles. The second-order valence-corrected chi connectivity index (χ2v) is 4.33. The Balaban J connectivity index is 1.98. The topological polar surface area (TPSA) is 26.2 Å². The minimum atomic E-state index is 0.624. The molecule has 0 spiro atoms. The van der Waals surface area contributed by atoms with Crippen molar-refractivity contribution in [3.05, 3.63) is 24.0 Å². The van der Waals surface area contributed by atoms with Crippen molar-refractivity contribution in [2.45, 2.75) is 20.4 Å². The van der Waals surface area contributed by atoms with Crippen molar-refractivity contribution in [1.82, 2.24) is 9.88 Å². The molecule has 0 aliphatic rings. The van der Waals surface area contributed by atoms with Crippen molar-refractivity contribution in [3.8, 4) is 0 Å². The molecular formula is C12H22N2O. The van der Waals surface area contributed by atoms with Crippen LogP contribution in [0.3, 0.4) is 0 Å². The Morgan fingerprint density at radius 2 is 2.27 bits per heavy atom. The first-order chi connectivity index (χ1) is 7.18. The molecule has 86 valence electrons. The fourth-order valence-electron chi connectivity index (χ4n) is 1.36. The van der Waals surface area contributed by atoms with E-state index in [9.17, 15) is 0 Å². The Labute approximate surface area is 92.4 Å². The molecule has 0 bridgehead atoms. The predicted molar refractivity (Wildman–Crippen MR) is 62.8 cm³/mol. The predicted octanol–water partition coefficient (Wildman–Crippen LogP) is 1.79. The maximum absolute atomic E-state index is 5.47. The van der Waals surface area contributed by atoms with E-state index in [1.165, 1.54) is 5.56 Å². The molecule has 0 aliphatic carbocycles. The fourth-order valence-corrected chi connectivity index (χ4v) is 1.36. The summed E-state index contributed by atoms with van der Waals surface area (Å²) in [6.45, 7) is 7.82. The summed E-state index contributed by atoms with van der Waals surface area (Å²) < 4.78 is 7.53. The Bertz CT molecular complexity index is 268. The Morgan fingerprint density at radius 3 is 2.87 bits per heavy atom. The molecular weight excluding hydrogens is 188 g/mol. The van der Waals surface area contributed by atoms with Gasteiger partial charge in [0, 0.05) is 39.1 Å². The van der Waals surface area contributed by atoms with Crippen molar-refractivity contribution in [2.75, 3.05) is 19.8 Å². The summed E-state index contributed by atoms with van der Waals surface area (Å²) in [5, 5.41) is 3.35. The quantitative estimate of drug-likeness (QED) is 0.694. The minimum Gasteiger partial charge on any atom is -0.380 e. The van der Waals surface area contributed by atoms with Gasteiger partial charge < -0.3 is 14.6 Å². The molecule has 1 N–H and O–H groups in total. The van der Waals surface area contributed by atoms with E-state index in [-0.39, 0.29) is 0 Å². The van der Waals surface area contributed by atoms with Crippen LogP contribution in [0.4, 0.5) is 0 Å². The van der Waals surface area contributed by atoms with Gasteiger partial charge in [-0.2, -0.15) is 0 Å². The van der Waals surface area contributed by atoms with Gasteiger partial charge in [0.1, 0.15) is 0 Å². The lowest BCUT2D eigenvalue weighted by molar-refractivity contribution is 0.111. The van der Waals surface area contributed by atoms with E-state index in [1.54, 1.807) is 0 Å². The standard InChI is InChI=1S/C12H22N2O/c1-11(2)10-15-7-5-13-8-12-4-6-14(3)9-12/h4,6,9,11,13H,5,7-8,10H2,1-3H3. The van der Waals surface area contributed by atoms with Gasteiger partial charge in [-0.3, -0.25) is 0 Å². The van der Waals surface area contributed by atoms with Crippen molar-refractivity contribution >= 4 is 0 Å². The van der Waals surface area contributed by atoms with Crippen molar-refractivity contribution < 1.29 is 4.74 Å². The molecule has 0 amide bonds. The molecule has 1 heterocycles. The average molecular weight is 210 g/mol. The van der Waals surface area contributed by atoms with Crippen LogP contribution in [-0.2, 0) is 18.3 Å². The normalized spacial score (nSPS) is 11.2. The van der Waals surface area contributed by atoms with Gasteiger partial charge in [0.25, 0.3) is 0 Å².